The van der Waals surface area contributed by atoms with Gasteiger partial charge in [-0.1, -0.05) is 24.3 Å². The van der Waals surface area contributed by atoms with Crippen molar-refractivity contribution in [1.82, 2.24) is 14.8 Å². The highest BCUT2D eigenvalue weighted by atomic mass is 32.1. The van der Waals surface area contributed by atoms with E-state index in [0.717, 1.165) is 51.6 Å². The molecule has 1 unspecified atom stereocenters. The molecule has 214 valence electrons. The number of carbonyl (C=O) groups excluding carboxylic acids is 2. The Morgan fingerprint density at radius 2 is 1.90 bits per heavy atom. The topological polar surface area (TPSA) is 126 Å². The van der Waals surface area contributed by atoms with Crippen LogP contribution in [0.25, 0.3) is 11.1 Å². The number of benzene rings is 2. The average molecular weight is 576 g/mol. The molecule has 1 saturated heterocycles. The van der Waals surface area contributed by atoms with Crippen LogP contribution in [-0.2, 0) is 29.0 Å². The van der Waals surface area contributed by atoms with E-state index in [1.54, 1.807) is 4.90 Å². The van der Waals surface area contributed by atoms with E-state index in [0.29, 0.717) is 57.0 Å². The van der Waals surface area contributed by atoms with Gasteiger partial charge in [0.05, 0.1) is 18.3 Å². The van der Waals surface area contributed by atoms with Gasteiger partial charge < -0.3 is 25.3 Å². The molecule has 41 heavy (non-hydrogen) atoms. The number of thiazole rings is 1. The number of hydrogen-bond donors (Lipinski definition) is 3. The van der Waals surface area contributed by atoms with E-state index in [2.05, 4.69) is 15.2 Å². The number of nitrogens with one attached hydrogen (secondary N) is 1. The number of aliphatic hydroxyl groups excluding tert-OH is 1. The Labute approximate surface area is 242 Å². The summed E-state index contributed by atoms with van der Waals surface area (Å²) in [5.74, 6) is -1.04. The van der Waals surface area contributed by atoms with Crippen LogP contribution < -0.4 is 10.2 Å². The number of carboxylic acids is 1. The second kappa shape index (κ2) is 11.7. The van der Waals surface area contributed by atoms with E-state index in [1.165, 1.54) is 11.3 Å². The fourth-order valence-corrected chi connectivity index (χ4v) is 7.06. The van der Waals surface area contributed by atoms with E-state index in [9.17, 15) is 19.5 Å². The highest BCUT2D eigenvalue weighted by molar-refractivity contribution is 7.13. The molecule has 11 heteroatoms. The van der Waals surface area contributed by atoms with Gasteiger partial charge in [0.2, 0.25) is 5.91 Å². The fourth-order valence-electron chi connectivity index (χ4n) is 5.96. The van der Waals surface area contributed by atoms with E-state index in [-0.39, 0.29) is 24.5 Å². The van der Waals surface area contributed by atoms with Gasteiger partial charge >= 0.3 is 5.97 Å². The first-order valence-electron chi connectivity index (χ1n) is 14.0. The van der Waals surface area contributed by atoms with Gasteiger partial charge in [-0.25, -0.2) is 4.98 Å². The lowest BCUT2D eigenvalue weighted by Crippen LogP contribution is -2.34. The summed E-state index contributed by atoms with van der Waals surface area (Å²) < 4.78 is 0. The molecular formula is C30H33N5O5S. The maximum atomic E-state index is 13.6. The lowest BCUT2D eigenvalue weighted by atomic mass is 9.97. The number of β-amino-alcohol motifs (C(OH)–C–C–N with tert-alkyl or cyclic N) is 1. The zero-order chi connectivity index (χ0) is 28.5. The van der Waals surface area contributed by atoms with Gasteiger partial charge in [0.1, 0.15) is 0 Å². The molecule has 0 saturated carbocycles. The smallest absolute Gasteiger partial charge is 0.317 e. The Kier molecular flexibility index (Phi) is 7.85. The van der Waals surface area contributed by atoms with E-state index >= 15 is 0 Å². The van der Waals surface area contributed by atoms with E-state index < -0.39 is 5.97 Å². The highest BCUT2D eigenvalue weighted by Gasteiger charge is 2.31. The zero-order valence-corrected chi connectivity index (χ0v) is 23.5. The van der Waals surface area contributed by atoms with Crippen molar-refractivity contribution < 1.29 is 24.6 Å². The number of aromatic nitrogens is 1. The van der Waals surface area contributed by atoms with Crippen molar-refractivity contribution in [3.05, 3.63) is 63.6 Å². The third-order valence-corrected chi connectivity index (χ3v) is 9.06. The van der Waals surface area contributed by atoms with Crippen molar-refractivity contribution >= 4 is 40.5 Å². The van der Waals surface area contributed by atoms with Gasteiger partial charge in [-0.15, -0.1) is 11.3 Å². The monoisotopic (exact) mass is 575 g/mol. The predicted molar refractivity (Wildman–Crippen MR) is 156 cm³/mol. The number of hydrogen-bond acceptors (Lipinski definition) is 8. The number of nitrogens with zero attached hydrogens (tertiary/aromatic N) is 4. The molecular weight excluding hydrogens is 542 g/mol. The Bertz CT molecular complexity index is 1490. The van der Waals surface area contributed by atoms with Crippen LogP contribution in [0.4, 0.5) is 11.4 Å². The van der Waals surface area contributed by atoms with Gasteiger partial charge in [0, 0.05) is 68.4 Å². The molecule has 3 aliphatic rings. The molecule has 0 bridgehead atoms. The SMILES string of the molecule is O=C(O)CN1CCc2nc(C(=O)N3CCc4c(-c5cccc(NC(=O)CCN6CCC(O)C6)c5)cccc43)sc2C1. The number of likely N-dealkylation sites (tertiary alicyclic amines) is 1. The summed E-state index contributed by atoms with van der Waals surface area (Å²) in [5, 5.41) is 22.3. The first-order chi connectivity index (χ1) is 19.8. The minimum absolute atomic E-state index is 0.0165. The van der Waals surface area contributed by atoms with Crippen LogP contribution in [0.15, 0.2) is 42.5 Å². The Morgan fingerprint density at radius 1 is 1.05 bits per heavy atom. The molecule has 6 rings (SSSR count). The normalized spacial score (nSPS) is 18.8. The number of anilines is 2. The summed E-state index contributed by atoms with van der Waals surface area (Å²) >= 11 is 1.36. The molecule has 1 aromatic heterocycles. The van der Waals surface area contributed by atoms with Crippen molar-refractivity contribution in [2.75, 3.05) is 49.5 Å². The molecule has 4 heterocycles. The molecule has 0 spiro atoms. The Morgan fingerprint density at radius 3 is 2.71 bits per heavy atom. The number of aliphatic hydroxyl groups is 1. The summed E-state index contributed by atoms with van der Waals surface area (Å²) in [6, 6.07) is 13.7. The van der Waals surface area contributed by atoms with Gasteiger partial charge in [-0.05, 0) is 47.7 Å². The predicted octanol–water partition coefficient (Wildman–Crippen LogP) is 2.85. The fraction of sp³-hybridized carbons (Fsp3) is 0.400. The minimum atomic E-state index is -0.856. The molecule has 2 amide bonds. The molecule has 3 aliphatic heterocycles. The van der Waals surface area contributed by atoms with Gasteiger partial charge in [0.25, 0.3) is 5.91 Å². The van der Waals surface area contributed by atoms with Crippen molar-refractivity contribution in [1.29, 1.82) is 0 Å². The van der Waals surface area contributed by atoms with E-state index in [4.69, 9.17) is 5.11 Å². The number of fused-ring (bicyclic) bond motifs is 2. The molecule has 1 fully saturated rings. The quantitative estimate of drug-likeness (QED) is 0.375. The summed E-state index contributed by atoms with van der Waals surface area (Å²) in [5.41, 5.74) is 5.58. The van der Waals surface area contributed by atoms with E-state index in [1.807, 2.05) is 47.4 Å². The van der Waals surface area contributed by atoms with Crippen LogP contribution in [0.3, 0.4) is 0 Å². The summed E-state index contributed by atoms with van der Waals surface area (Å²) in [4.78, 5) is 48.7. The van der Waals surface area contributed by atoms with Crippen LogP contribution in [0.1, 0.15) is 38.8 Å². The van der Waals surface area contributed by atoms with Crippen molar-refractivity contribution in [2.24, 2.45) is 0 Å². The van der Waals surface area contributed by atoms with Gasteiger partial charge in [-0.3, -0.25) is 19.3 Å². The maximum Gasteiger partial charge on any atom is 0.317 e. The number of carboxylic acid groups (broad SMARTS) is 1. The molecule has 10 nitrogen and oxygen atoms in total. The van der Waals surface area contributed by atoms with Crippen molar-refractivity contribution in [3.63, 3.8) is 0 Å². The van der Waals surface area contributed by atoms with Gasteiger partial charge in [-0.2, -0.15) is 0 Å². The van der Waals surface area contributed by atoms with Crippen LogP contribution in [0, 0.1) is 0 Å². The largest absolute Gasteiger partial charge is 0.480 e. The third-order valence-electron chi connectivity index (χ3n) is 7.98. The molecule has 0 radical (unpaired) electrons. The third kappa shape index (κ3) is 6.03. The lowest BCUT2D eigenvalue weighted by Gasteiger charge is -2.23. The second-order valence-electron chi connectivity index (χ2n) is 10.9. The van der Waals surface area contributed by atoms with Crippen LogP contribution in [0.5, 0.6) is 0 Å². The molecule has 3 aromatic rings. The second-order valence-corrected chi connectivity index (χ2v) is 12.0. The molecule has 1 atom stereocenters. The minimum Gasteiger partial charge on any atom is -0.480 e. The summed E-state index contributed by atoms with van der Waals surface area (Å²) in [6.45, 7) is 3.73. The molecule has 2 aromatic carbocycles. The Hall–Kier alpha value is -3.64. The van der Waals surface area contributed by atoms with Gasteiger partial charge in [0.15, 0.2) is 5.01 Å². The number of aliphatic carboxylic acids is 1. The van der Waals surface area contributed by atoms with Crippen LogP contribution >= 0.6 is 11.3 Å². The van der Waals surface area contributed by atoms with Crippen LogP contribution in [0.2, 0.25) is 0 Å². The number of rotatable bonds is 8. The molecule has 0 aliphatic carbocycles. The first kappa shape index (κ1) is 27.5. The van der Waals surface area contributed by atoms with Crippen molar-refractivity contribution in [2.45, 2.75) is 38.3 Å². The first-order valence-corrected chi connectivity index (χ1v) is 14.8. The zero-order valence-electron chi connectivity index (χ0n) is 22.7. The summed E-state index contributed by atoms with van der Waals surface area (Å²) in [6.07, 6.45) is 2.19. The average Bonchev–Trinajstić information content (AvgIpc) is 3.69. The van der Waals surface area contributed by atoms with Crippen LogP contribution in [-0.4, -0.2) is 88.2 Å². The number of amides is 2. The highest BCUT2D eigenvalue weighted by Crippen LogP contribution is 2.38. The van der Waals surface area contributed by atoms with Crippen molar-refractivity contribution in [3.8, 4) is 11.1 Å². The Balaban J connectivity index is 1.15. The number of carbonyl (C=O) groups is 3. The molecule has 3 N–H and O–H groups in total. The lowest BCUT2D eigenvalue weighted by molar-refractivity contribution is -0.138. The maximum absolute atomic E-state index is 13.6. The summed E-state index contributed by atoms with van der Waals surface area (Å²) in [7, 11) is 0. The standard InChI is InChI=1S/C30H33N5O5S/c36-21-7-11-33(16-21)13-10-27(37)31-20-4-1-3-19(15-20)22-5-2-6-25-23(22)8-14-35(25)30(40)29-32-24-9-12-34(18-28(38)39)17-26(24)41-29/h1-6,15,21,36H,7-14,16-18H2,(H,31,37)(H,38,39).